The molecule has 1 aromatic carbocycles. The standard InChI is InChI=1S/C18H20FN3O/c19-14-4-1-3-13(11-14)18-16-5-2-8-21(16)9-10-22(18)17(23)12-20-15-6-7-15/h1-5,8,11,15,18,20H,6-7,9-10,12H2. The number of carbonyl (C=O) groups excluding carboxylic acids is 1. The number of aromatic nitrogens is 1. The molecule has 2 heterocycles. The fourth-order valence-corrected chi connectivity index (χ4v) is 3.30. The molecule has 1 N–H and O–H groups in total. The van der Waals surface area contributed by atoms with Crippen LogP contribution in [0.15, 0.2) is 42.6 Å². The minimum atomic E-state index is -0.269. The van der Waals surface area contributed by atoms with Crippen molar-refractivity contribution in [1.82, 2.24) is 14.8 Å². The van der Waals surface area contributed by atoms with E-state index in [4.69, 9.17) is 0 Å². The van der Waals surface area contributed by atoms with Gasteiger partial charge in [-0.25, -0.2) is 4.39 Å². The molecular formula is C18H20FN3O. The Morgan fingerprint density at radius 2 is 2.09 bits per heavy atom. The third-order valence-corrected chi connectivity index (χ3v) is 4.64. The number of hydrogen-bond donors (Lipinski definition) is 1. The summed E-state index contributed by atoms with van der Waals surface area (Å²) in [5, 5.41) is 3.28. The lowest BCUT2D eigenvalue weighted by atomic mass is 9.99. The monoisotopic (exact) mass is 313 g/mol. The first kappa shape index (κ1) is 14.5. The highest BCUT2D eigenvalue weighted by Gasteiger charge is 2.32. The molecule has 120 valence electrons. The van der Waals surface area contributed by atoms with E-state index in [-0.39, 0.29) is 17.8 Å². The molecular weight excluding hydrogens is 293 g/mol. The minimum Gasteiger partial charge on any atom is -0.348 e. The van der Waals surface area contributed by atoms with Crippen LogP contribution in [0.1, 0.15) is 30.1 Å². The van der Waals surface area contributed by atoms with Gasteiger partial charge in [-0.2, -0.15) is 0 Å². The molecule has 1 amide bonds. The zero-order valence-corrected chi connectivity index (χ0v) is 12.9. The second kappa shape index (κ2) is 5.81. The Bertz CT molecular complexity index is 723. The van der Waals surface area contributed by atoms with Crippen molar-refractivity contribution in [1.29, 1.82) is 0 Å². The van der Waals surface area contributed by atoms with Gasteiger partial charge < -0.3 is 14.8 Å². The van der Waals surface area contributed by atoms with Crippen LogP contribution in [-0.4, -0.2) is 34.5 Å². The predicted molar refractivity (Wildman–Crippen MR) is 85.4 cm³/mol. The molecule has 1 fully saturated rings. The van der Waals surface area contributed by atoms with E-state index in [9.17, 15) is 9.18 Å². The number of carbonyl (C=O) groups is 1. The Balaban J connectivity index is 1.65. The smallest absolute Gasteiger partial charge is 0.237 e. The summed E-state index contributed by atoms with van der Waals surface area (Å²) in [7, 11) is 0. The van der Waals surface area contributed by atoms with Gasteiger partial charge >= 0.3 is 0 Å². The molecule has 0 spiro atoms. The maximum absolute atomic E-state index is 13.7. The van der Waals surface area contributed by atoms with Gasteiger partial charge in [0.2, 0.25) is 5.91 Å². The zero-order valence-electron chi connectivity index (χ0n) is 12.9. The fraction of sp³-hybridized carbons (Fsp3) is 0.389. The predicted octanol–water partition coefficient (Wildman–Crippen LogP) is 2.31. The van der Waals surface area contributed by atoms with Gasteiger partial charge in [0.25, 0.3) is 0 Å². The van der Waals surface area contributed by atoms with E-state index in [1.807, 2.05) is 29.3 Å². The average molecular weight is 313 g/mol. The summed E-state index contributed by atoms with van der Waals surface area (Å²) in [5.74, 6) is -0.187. The van der Waals surface area contributed by atoms with E-state index in [0.717, 1.165) is 30.6 Å². The van der Waals surface area contributed by atoms with E-state index in [1.165, 1.54) is 12.1 Å². The highest BCUT2D eigenvalue weighted by molar-refractivity contribution is 5.79. The van der Waals surface area contributed by atoms with Crippen LogP contribution in [0.4, 0.5) is 4.39 Å². The molecule has 2 aliphatic rings. The van der Waals surface area contributed by atoms with E-state index >= 15 is 0 Å². The number of nitrogens with zero attached hydrogens (tertiary/aromatic N) is 2. The van der Waals surface area contributed by atoms with Gasteiger partial charge in [0, 0.05) is 31.0 Å². The van der Waals surface area contributed by atoms with Gasteiger partial charge in [-0.3, -0.25) is 4.79 Å². The summed E-state index contributed by atoms with van der Waals surface area (Å²) < 4.78 is 15.8. The quantitative estimate of drug-likeness (QED) is 0.940. The van der Waals surface area contributed by atoms with Crippen LogP contribution in [0.5, 0.6) is 0 Å². The van der Waals surface area contributed by atoms with Crippen molar-refractivity contribution >= 4 is 5.91 Å². The average Bonchev–Trinajstić information content (AvgIpc) is 3.26. The number of benzene rings is 1. The summed E-state index contributed by atoms with van der Waals surface area (Å²) in [6.07, 6.45) is 4.33. The van der Waals surface area contributed by atoms with Crippen molar-refractivity contribution in [3.8, 4) is 0 Å². The molecule has 0 radical (unpaired) electrons. The molecule has 0 bridgehead atoms. The lowest BCUT2D eigenvalue weighted by molar-refractivity contribution is -0.133. The second-order valence-corrected chi connectivity index (χ2v) is 6.33. The summed E-state index contributed by atoms with van der Waals surface area (Å²) in [6, 6.07) is 10.8. The molecule has 5 heteroatoms. The molecule has 4 rings (SSSR count). The Hall–Kier alpha value is -2.14. The summed E-state index contributed by atoms with van der Waals surface area (Å²) in [5.41, 5.74) is 1.87. The Labute approximate surface area is 134 Å². The highest BCUT2D eigenvalue weighted by atomic mass is 19.1. The van der Waals surface area contributed by atoms with Crippen LogP contribution < -0.4 is 5.32 Å². The van der Waals surface area contributed by atoms with Crippen LogP contribution >= 0.6 is 0 Å². The SMILES string of the molecule is O=C(CNC1CC1)N1CCn2cccc2C1c1cccc(F)c1. The van der Waals surface area contributed by atoms with E-state index in [2.05, 4.69) is 9.88 Å². The maximum atomic E-state index is 13.7. The molecule has 1 aliphatic carbocycles. The van der Waals surface area contributed by atoms with Crippen LogP contribution in [0.3, 0.4) is 0 Å². The van der Waals surface area contributed by atoms with Crippen molar-refractivity contribution in [3.63, 3.8) is 0 Å². The number of hydrogen-bond acceptors (Lipinski definition) is 2. The molecule has 4 nitrogen and oxygen atoms in total. The molecule has 1 saturated carbocycles. The second-order valence-electron chi connectivity index (χ2n) is 6.33. The van der Waals surface area contributed by atoms with Gasteiger partial charge in [-0.15, -0.1) is 0 Å². The van der Waals surface area contributed by atoms with Crippen molar-refractivity contribution in [2.75, 3.05) is 13.1 Å². The zero-order chi connectivity index (χ0) is 15.8. The van der Waals surface area contributed by atoms with Crippen molar-refractivity contribution in [3.05, 3.63) is 59.7 Å². The van der Waals surface area contributed by atoms with Crippen molar-refractivity contribution in [2.45, 2.75) is 31.5 Å². The van der Waals surface area contributed by atoms with Gasteiger partial charge in [0.05, 0.1) is 12.6 Å². The van der Waals surface area contributed by atoms with E-state index in [0.29, 0.717) is 19.1 Å². The number of fused-ring (bicyclic) bond motifs is 1. The molecule has 1 aliphatic heterocycles. The van der Waals surface area contributed by atoms with Crippen molar-refractivity contribution < 1.29 is 9.18 Å². The van der Waals surface area contributed by atoms with E-state index < -0.39 is 0 Å². The van der Waals surface area contributed by atoms with Crippen LogP contribution in [0.2, 0.25) is 0 Å². The van der Waals surface area contributed by atoms with Crippen LogP contribution in [0.25, 0.3) is 0 Å². The Morgan fingerprint density at radius 1 is 1.22 bits per heavy atom. The topological polar surface area (TPSA) is 37.3 Å². The number of halogens is 1. The maximum Gasteiger partial charge on any atom is 0.237 e. The van der Waals surface area contributed by atoms with Gasteiger partial charge in [0.15, 0.2) is 0 Å². The molecule has 1 aromatic heterocycles. The fourth-order valence-electron chi connectivity index (χ4n) is 3.30. The van der Waals surface area contributed by atoms with Crippen LogP contribution in [0, 0.1) is 5.82 Å². The lowest BCUT2D eigenvalue weighted by Gasteiger charge is -2.37. The first-order valence-electron chi connectivity index (χ1n) is 8.16. The highest BCUT2D eigenvalue weighted by Crippen LogP contribution is 2.32. The summed E-state index contributed by atoms with van der Waals surface area (Å²) in [4.78, 5) is 14.6. The molecule has 1 unspecified atom stereocenters. The Kier molecular flexibility index (Phi) is 3.65. The van der Waals surface area contributed by atoms with E-state index in [1.54, 1.807) is 6.07 Å². The number of nitrogens with one attached hydrogen (secondary N) is 1. The van der Waals surface area contributed by atoms with Crippen LogP contribution in [-0.2, 0) is 11.3 Å². The number of rotatable bonds is 4. The largest absolute Gasteiger partial charge is 0.348 e. The third-order valence-electron chi connectivity index (χ3n) is 4.64. The Morgan fingerprint density at radius 3 is 2.87 bits per heavy atom. The van der Waals surface area contributed by atoms with Gasteiger partial charge in [-0.05, 0) is 42.7 Å². The third kappa shape index (κ3) is 2.88. The number of amides is 1. The molecule has 2 aromatic rings. The first-order chi connectivity index (χ1) is 11.2. The minimum absolute atomic E-state index is 0.0820. The lowest BCUT2D eigenvalue weighted by Crippen LogP contribution is -2.46. The first-order valence-corrected chi connectivity index (χ1v) is 8.16. The van der Waals surface area contributed by atoms with Gasteiger partial charge in [0.1, 0.15) is 5.82 Å². The molecule has 0 saturated heterocycles. The molecule has 23 heavy (non-hydrogen) atoms. The van der Waals surface area contributed by atoms with Gasteiger partial charge in [-0.1, -0.05) is 12.1 Å². The summed E-state index contributed by atoms with van der Waals surface area (Å²) in [6.45, 7) is 1.79. The molecule has 1 atom stereocenters. The summed E-state index contributed by atoms with van der Waals surface area (Å²) >= 11 is 0. The normalized spacial score (nSPS) is 20.4. The van der Waals surface area contributed by atoms with Crippen molar-refractivity contribution in [2.24, 2.45) is 0 Å².